The molecule has 3 heteroatoms. The highest BCUT2D eigenvalue weighted by Gasteiger charge is 2.16. The summed E-state index contributed by atoms with van der Waals surface area (Å²) >= 11 is 0. The first kappa shape index (κ1) is 19.9. The molecule has 0 aliphatic rings. The zero-order valence-corrected chi connectivity index (χ0v) is 18.9. The van der Waals surface area contributed by atoms with Crippen LogP contribution in [0, 0.1) is 0 Å². The number of rotatable bonds is 7. The Hall–Kier alpha value is -3.72. The minimum atomic E-state index is 0.778. The number of nitrogens with zero attached hydrogens (tertiary/aromatic N) is 1. The van der Waals surface area contributed by atoms with Crippen molar-refractivity contribution in [3.63, 3.8) is 0 Å². The van der Waals surface area contributed by atoms with Crippen LogP contribution in [0.2, 0.25) is 0 Å². The molecule has 3 nitrogen and oxygen atoms in total. The summed E-state index contributed by atoms with van der Waals surface area (Å²) in [6.45, 7) is 3.01. The molecule has 6 rings (SSSR count). The molecule has 2 aromatic heterocycles. The average Bonchev–Trinajstić information content (AvgIpc) is 3.38. The Morgan fingerprint density at radius 2 is 1.45 bits per heavy atom. The number of benzene rings is 4. The molecule has 0 N–H and O–H groups in total. The lowest BCUT2D eigenvalue weighted by Gasteiger charge is -2.10. The molecule has 0 radical (unpaired) electrons. The van der Waals surface area contributed by atoms with Crippen LogP contribution >= 0.6 is 0 Å². The summed E-state index contributed by atoms with van der Waals surface area (Å²) in [5.41, 5.74) is 5.36. The Kier molecular flexibility index (Phi) is 5.03. The van der Waals surface area contributed by atoms with Gasteiger partial charge in [0.05, 0.1) is 17.6 Å². The summed E-state index contributed by atoms with van der Waals surface area (Å²) in [5.74, 6) is 0.930. The summed E-state index contributed by atoms with van der Waals surface area (Å²) in [6, 6.07) is 29.8. The zero-order valence-electron chi connectivity index (χ0n) is 18.9. The van der Waals surface area contributed by atoms with Crippen LogP contribution in [-0.4, -0.2) is 11.2 Å². The van der Waals surface area contributed by atoms with E-state index in [0.29, 0.717) is 0 Å². The molecule has 0 atom stereocenters. The SMILES string of the molecule is CCCCCCOc1ccc(-n2c3ccccc3c3cc4oc5ccccc5c4cc32)cc1. The van der Waals surface area contributed by atoms with Crippen molar-refractivity contribution in [2.75, 3.05) is 6.61 Å². The third-order valence-corrected chi connectivity index (χ3v) is 6.53. The number of fused-ring (bicyclic) bond motifs is 6. The van der Waals surface area contributed by atoms with Gasteiger partial charge in [0.2, 0.25) is 0 Å². The number of unbranched alkanes of at least 4 members (excludes halogenated alkanes) is 3. The third-order valence-electron chi connectivity index (χ3n) is 6.53. The van der Waals surface area contributed by atoms with Crippen molar-refractivity contribution in [1.29, 1.82) is 0 Å². The van der Waals surface area contributed by atoms with Crippen LogP contribution in [0.25, 0.3) is 49.4 Å². The van der Waals surface area contributed by atoms with Crippen molar-refractivity contribution >= 4 is 43.7 Å². The van der Waals surface area contributed by atoms with E-state index in [4.69, 9.17) is 9.15 Å². The molecule has 0 spiro atoms. The number of ether oxygens (including phenoxy) is 1. The van der Waals surface area contributed by atoms with Gasteiger partial charge in [0.25, 0.3) is 0 Å². The second kappa shape index (κ2) is 8.32. The highest BCUT2D eigenvalue weighted by Crippen LogP contribution is 2.38. The number of para-hydroxylation sites is 2. The van der Waals surface area contributed by atoms with Crippen LogP contribution in [0.3, 0.4) is 0 Å². The summed E-state index contributed by atoms with van der Waals surface area (Å²) in [4.78, 5) is 0. The van der Waals surface area contributed by atoms with Crippen molar-refractivity contribution in [2.45, 2.75) is 32.6 Å². The molecular formula is C30H27NO2. The van der Waals surface area contributed by atoms with Crippen LogP contribution in [0.1, 0.15) is 32.6 Å². The average molecular weight is 434 g/mol. The Balaban J connectivity index is 1.46. The number of hydrogen-bond donors (Lipinski definition) is 0. The van der Waals surface area contributed by atoms with E-state index in [9.17, 15) is 0 Å². The van der Waals surface area contributed by atoms with Crippen molar-refractivity contribution in [1.82, 2.24) is 4.57 Å². The molecule has 2 heterocycles. The van der Waals surface area contributed by atoms with Gasteiger partial charge in [0.1, 0.15) is 16.9 Å². The first-order valence-electron chi connectivity index (χ1n) is 11.9. The highest BCUT2D eigenvalue weighted by molar-refractivity contribution is 6.17. The predicted octanol–water partition coefficient (Wildman–Crippen LogP) is 8.64. The van der Waals surface area contributed by atoms with Gasteiger partial charge in [-0.05, 0) is 55.0 Å². The molecule has 0 aliphatic carbocycles. The Morgan fingerprint density at radius 1 is 0.667 bits per heavy atom. The smallest absolute Gasteiger partial charge is 0.136 e. The monoisotopic (exact) mass is 433 g/mol. The second-order valence-corrected chi connectivity index (χ2v) is 8.72. The Morgan fingerprint density at radius 3 is 2.30 bits per heavy atom. The third kappa shape index (κ3) is 3.45. The number of furan rings is 1. The maximum atomic E-state index is 6.18. The molecule has 0 fully saturated rings. The fourth-order valence-corrected chi connectivity index (χ4v) is 4.88. The van der Waals surface area contributed by atoms with Gasteiger partial charge in [0, 0.05) is 27.2 Å². The minimum Gasteiger partial charge on any atom is -0.494 e. The van der Waals surface area contributed by atoms with Crippen LogP contribution in [0.15, 0.2) is 89.3 Å². The number of hydrogen-bond acceptors (Lipinski definition) is 2. The molecule has 33 heavy (non-hydrogen) atoms. The summed E-state index contributed by atoms with van der Waals surface area (Å²) in [6.07, 6.45) is 4.86. The van der Waals surface area contributed by atoms with Crippen molar-refractivity contribution in [3.05, 3.63) is 84.9 Å². The van der Waals surface area contributed by atoms with Gasteiger partial charge in [-0.1, -0.05) is 62.6 Å². The highest BCUT2D eigenvalue weighted by atomic mass is 16.5. The van der Waals surface area contributed by atoms with E-state index in [-0.39, 0.29) is 0 Å². The maximum Gasteiger partial charge on any atom is 0.136 e. The van der Waals surface area contributed by atoms with E-state index in [1.165, 1.54) is 41.1 Å². The lowest BCUT2D eigenvalue weighted by atomic mass is 10.1. The van der Waals surface area contributed by atoms with E-state index in [1.54, 1.807) is 0 Å². The van der Waals surface area contributed by atoms with Crippen molar-refractivity contribution in [2.24, 2.45) is 0 Å². The standard InChI is InChI=1S/C30H27NO2/c1-2-3-4-9-18-32-22-16-14-21(15-17-22)31-27-12-7-5-10-23(27)25-20-30-26(19-28(25)31)24-11-6-8-13-29(24)33-30/h5-8,10-17,19-20H,2-4,9,18H2,1H3. The van der Waals surface area contributed by atoms with Crippen LogP contribution in [0.4, 0.5) is 0 Å². The minimum absolute atomic E-state index is 0.778. The van der Waals surface area contributed by atoms with Crippen LogP contribution in [-0.2, 0) is 0 Å². The molecule has 164 valence electrons. The van der Waals surface area contributed by atoms with E-state index in [0.717, 1.165) is 46.4 Å². The van der Waals surface area contributed by atoms with Gasteiger partial charge >= 0.3 is 0 Å². The van der Waals surface area contributed by atoms with Gasteiger partial charge < -0.3 is 13.7 Å². The molecule has 4 aromatic carbocycles. The largest absolute Gasteiger partial charge is 0.494 e. The zero-order chi connectivity index (χ0) is 22.2. The predicted molar refractivity (Wildman–Crippen MR) is 138 cm³/mol. The van der Waals surface area contributed by atoms with Crippen LogP contribution < -0.4 is 4.74 Å². The molecule has 0 saturated heterocycles. The Labute approximate surface area is 193 Å². The molecule has 0 bridgehead atoms. The number of aromatic nitrogens is 1. The van der Waals surface area contributed by atoms with Crippen molar-refractivity contribution in [3.8, 4) is 11.4 Å². The summed E-state index contributed by atoms with van der Waals surface area (Å²) in [7, 11) is 0. The fourth-order valence-electron chi connectivity index (χ4n) is 4.88. The van der Waals surface area contributed by atoms with Gasteiger partial charge in [-0.3, -0.25) is 0 Å². The first-order chi connectivity index (χ1) is 16.3. The normalized spacial score (nSPS) is 11.8. The lowest BCUT2D eigenvalue weighted by Crippen LogP contribution is -1.98. The van der Waals surface area contributed by atoms with Gasteiger partial charge in [-0.15, -0.1) is 0 Å². The van der Waals surface area contributed by atoms with Crippen LogP contribution in [0.5, 0.6) is 5.75 Å². The summed E-state index contributed by atoms with van der Waals surface area (Å²) < 4.78 is 14.5. The van der Waals surface area contributed by atoms with Gasteiger partial charge in [-0.2, -0.15) is 0 Å². The first-order valence-corrected chi connectivity index (χ1v) is 11.9. The molecule has 0 aliphatic heterocycles. The lowest BCUT2D eigenvalue weighted by molar-refractivity contribution is 0.305. The van der Waals surface area contributed by atoms with E-state index < -0.39 is 0 Å². The fraction of sp³-hybridized carbons (Fsp3) is 0.200. The van der Waals surface area contributed by atoms with E-state index >= 15 is 0 Å². The molecule has 6 aromatic rings. The van der Waals surface area contributed by atoms with Gasteiger partial charge in [-0.25, -0.2) is 0 Å². The van der Waals surface area contributed by atoms with E-state index in [1.807, 2.05) is 12.1 Å². The maximum absolute atomic E-state index is 6.18. The Bertz CT molecular complexity index is 1570. The quantitative estimate of drug-likeness (QED) is 0.236. The summed E-state index contributed by atoms with van der Waals surface area (Å²) in [5, 5.41) is 4.73. The van der Waals surface area contributed by atoms with Crippen molar-refractivity contribution < 1.29 is 9.15 Å². The topological polar surface area (TPSA) is 27.3 Å². The van der Waals surface area contributed by atoms with Gasteiger partial charge in [0.15, 0.2) is 0 Å². The second-order valence-electron chi connectivity index (χ2n) is 8.72. The molecule has 0 saturated carbocycles. The molecule has 0 amide bonds. The molecule has 0 unspecified atom stereocenters. The molecular weight excluding hydrogens is 406 g/mol. The van der Waals surface area contributed by atoms with E-state index in [2.05, 4.69) is 84.3 Å².